The van der Waals surface area contributed by atoms with E-state index in [4.69, 9.17) is 5.11 Å². The van der Waals surface area contributed by atoms with Gasteiger partial charge in [-0.25, -0.2) is 0 Å². The largest absolute Gasteiger partial charge is 0.481 e. The van der Waals surface area contributed by atoms with Gasteiger partial charge in [0.15, 0.2) is 0 Å². The Kier molecular flexibility index (Phi) is 1.73. The lowest BCUT2D eigenvalue weighted by atomic mass is 9.43. The Bertz CT molecular complexity index is 244. The van der Waals surface area contributed by atoms with Gasteiger partial charge < -0.3 is 5.11 Å². The third-order valence-electron chi connectivity index (χ3n) is 4.67. The van der Waals surface area contributed by atoms with Crippen molar-refractivity contribution in [1.82, 2.24) is 0 Å². The molecule has 74 valence electrons. The summed E-state index contributed by atoms with van der Waals surface area (Å²) in [5.74, 6) is 1.02. The van der Waals surface area contributed by atoms with Gasteiger partial charge in [-0.05, 0) is 36.0 Å². The molecule has 0 amide bonds. The molecule has 3 rings (SSSR count). The molecule has 0 aromatic rings. The molecule has 2 heteroatoms. The lowest BCUT2D eigenvalue weighted by molar-refractivity contribution is -0.167. The zero-order valence-corrected chi connectivity index (χ0v) is 8.58. The first-order valence-corrected chi connectivity index (χ1v) is 5.17. The van der Waals surface area contributed by atoms with E-state index < -0.39 is 5.97 Å². The third-order valence-corrected chi connectivity index (χ3v) is 4.67. The summed E-state index contributed by atoms with van der Waals surface area (Å²) in [5.41, 5.74) is 0.408. The van der Waals surface area contributed by atoms with Gasteiger partial charge in [-0.2, -0.15) is 0 Å². The molecule has 0 aliphatic heterocycles. The molecular weight excluding hydrogens is 164 g/mol. The van der Waals surface area contributed by atoms with Crippen LogP contribution in [0.3, 0.4) is 0 Å². The second-order valence-electron chi connectivity index (χ2n) is 5.40. The molecule has 3 aliphatic carbocycles. The smallest absolute Gasteiger partial charge is 0.306 e. The van der Waals surface area contributed by atoms with E-state index in [0.717, 1.165) is 6.42 Å². The summed E-state index contributed by atoms with van der Waals surface area (Å²) < 4.78 is 0. The number of carboxylic acids is 1. The molecule has 1 N–H and O–H groups in total. The minimum Gasteiger partial charge on any atom is -0.481 e. The highest BCUT2D eigenvalue weighted by molar-refractivity contribution is 5.70. The van der Waals surface area contributed by atoms with Crippen LogP contribution in [-0.2, 0) is 4.79 Å². The number of hydrogen-bond donors (Lipinski definition) is 1. The Morgan fingerprint density at radius 2 is 2.00 bits per heavy atom. The maximum absolute atomic E-state index is 10.9. The summed E-state index contributed by atoms with van der Waals surface area (Å²) >= 11 is 0. The molecule has 3 fully saturated rings. The molecule has 13 heavy (non-hydrogen) atoms. The maximum Gasteiger partial charge on any atom is 0.306 e. The topological polar surface area (TPSA) is 37.3 Å². The van der Waals surface area contributed by atoms with Gasteiger partial charge in [0.1, 0.15) is 0 Å². The van der Waals surface area contributed by atoms with E-state index in [9.17, 15) is 4.79 Å². The van der Waals surface area contributed by atoms with Crippen molar-refractivity contribution >= 4 is 5.97 Å². The average Bonchev–Trinajstić information content (AvgIpc) is 2.02. The molecule has 3 aliphatic rings. The Morgan fingerprint density at radius 1 is 1.38 bits per heavy atom. The number of carbonyl (C=O) groups is 1. The van der Waals surface area contributed by atoms with Crippen molar-refractivity contribution < 1.29 is 9.90 Å². The van der Waals surface area contributed by atoms with Crippen LogP contribution in [0.1, 0.15) is 33.6 Å². The number of carboxylic acid groups (broad SMARTS) is 1. The number of aliphatic carboxylic acids is 1. The molecule has 0 heterocycles. The summed E-state index contributed by atoms with van der Waals surface area (Å²) in [6.07, 6.45) is 2.16. The average molecular weight is 182 g/mol. The molecule has 2 nitrogen and oxygen atoms in total. The van der Waals surface area contributed by atoms with Crippen LogP contribution in [0.2, 0.25) is 0 Å². The first-order valence-electron chi connectivity index (χ1n) is 5.17. The Balaban J connectivity index is 2.16. The first kappa shape index (κ1) is 9.04. The monoisotopic (exact) mass is 182 g/mol. The Morgan fingerprint density at radius 3 is 2.38 bits per heavy atom. The molecule has 0 radical (unpaired) electrons. The van der Waals surface area contributed by atoms with Crippen molar-refractivity contribution in [2.75, 3.05) is 0 Å². The molecule has 0 aromatic heterocycles. The fourth-order valence-electron chi connectivity index (χ4n) is 3.48. The highest BCUT2D eigenvalue weighted by atomic mass is 16.4. The lowest BCUT2D eigenvalue weighted by Gasteiger charge is -2.61. The van der Waals surface area contributed by atoms with Gasteiger partial charge in [-0.15, -0.1) is 0 Å². The molecule has 3 saturated carbocycles. The van der Waals surface area contributed by atoms with Crippen LogP contribution in [0.4, 0.5) is 0 Å². The van der Waals surface area contributed by atoms with Crippen molar-refractivity contribution in [2.24, 2.45) is 29.1 Å². The van der Waals surface area contributed by atoms with E-state index in [2.05, 4.69) is 20.8 Å². The quantitative estimate of drug-likeness (QED) is 0.676. The van der Waals surface area contributed by atoms with Gasteiger partial charge in [0.25, 0.3) is 0 Å². The van der Waals surface area contributed by atoms with E-state index in [0.29, 0.717) is 23.2 Å². The van der Waals surface area contributed by atoms with Crippen LogP contribution < -0.4 is 0 Å². The fourth-order valence-corrected chi connectivity index (χ4v) is 3.48. The van der Waals surface area contributed by atoms with Gasteiger partial charge in [0.2, 0.25) is 0 Å². The van der Waals surface area contributed by atoms with Crippen molar-refractivity contribution in [3.05, 3.63) is 0 Å². The molecular formula is C11H18O2. The highest BCUT2D eigenvalue weighted by Gasteiger charge is 2.57. The second kappa shape index (κ2) is 2.49. The van der Waals surface area contributed by atoms with Gasteiger partial charge in [0, 0.05) is 0 Å². The lowest BCUT2D eigenvalue weighted by Crippen LogP contribution is -2.56. The first-order chi connectivity index (χ1) is 5.94. The second-order valence-corrected chi connectivity index (χ2v) is 5.40. The van der Waals surface area contributed by atoms with Crippen LogP contribution in [0, 0.1) is 29.1 Å². The van der Waals surface area contributed by atoms with Crippen LogP contribution in [0.25, 0.3) is 0 Å². The van der Waals surface area contributed by atoms with E-state index in [1.54, 1.807) is 0 Å². The van der Waals surface area contributed by atoms with Gasteiger partial charge >= 0.3 is 5.97 Å². The molecule has 0 saturated heterocycles. The normalized spacial score (nSPS) is 46.7. The summed E-state index contributed by atoms with van der Waals surface area (Å²) in [6, 6.07) is 0. The number of rotatable bonds is 1. The SMILES string of the molecule is C[C@H]1[C@@H](C(=O)O)C[C@@H]2C[C@H]1C2(C)C. The Hall–Kier alpha value is -0.530. The molecule has 4 atom stereocenters. The maximum atomic E-state index is 10.9. The number of fused-ring (bicyclic) bond motifs is 2. The predicted molar refractivity (Wildman–Crippen MR) is 50.3 cm³/mol. The highest BCUT2D eigenvalue weighted by Crippen LogP contribution is 2.62. The minimum absolute atomic E-state index is 0.0724. The van der Waals surface area contributed by atoms with Crippen LogP contribution in [0.15, 0.2) is 0 Å². The molecule has 0 aromatic carbocycles. The zero-order chi connectivity index (χ0) is 9.80. The van der Waals surface area contributed by atoms with Crippen LogP contribution in [-0.4, -0.2) is 11.1 Å². The molecule has 0 unspecified atom stereocenters. The predicted octanol–water partition coefficient (Wildman–Crippen LogP) is 2.39. The van der Waals surface area contributed by atoms with Crippen LogP contribution in [0.5, 0.6) is 0 Å². The summed E-state index contributed by atoms with van der Waals surface area (Å²) in [7, 11) is 0. The van der Waals surface area contributed by atoms with E-state index >= 15 is 0 Å². The summed E-state index contributed by atoms with van der Waals surface area (Å²) in [4.78, 5) is 10.9. The van der Waals surface area contributed by atoms with Crippen LogP contribution >= 0.6 is 0 Å². The standard InChI is InChI=1S/C11H18O2/c1-6-8(10(12)13)4-7-5-9(6)11(7,2)3/h6-9H,4-5H2,1-3H3,(H,12,13)/t6-,7+,8-,9+/m0/s1. The zero-order valence-electron chi connectivity index (χ0n) is 8.58. The van der Waals surface area contributed by atoms with Gasteiger partial charge in [0.05, 0.1) is 5.92 Å². The minimum atomic E-state index is -0.585. The third kappa shape index (κ3) is 1.04. The molecule has 0 spiro atoms. The molecule has 2 bridgehead atoms. The summed E-state index contributed by atoms with van der Waals surface area (Å²) in [6.45, 7) is 6.70. The number of hydrogen-bond acceptors (Lipinski definition) is 1. The van der Waals surface area contributed by atoms with Crippen molar-refractivity contribution in [3.8, 4) is 0 Å². The van der Waals surface area contributed by atoms with E-state index in [-0.39, 0.29) is 5.92 Å². The fraction of sp³-hybridized carbons (Fsp3) is 0.909. The summed E-state index contributed by atoms with van der Waals surface area (Å²) in [5, 5.41) is 9.02. The van der Waals surface area contributed by atoms with Gasteiger partial charge in [-0.3, -0.25) is 4.79 Å². The van der Waals surface area contributed by atoms with E-state index in [1.807, 2.05) is 0 Å². The van der Waals surface area contributed by atoms with E-state index in [1.165, 1.54) is 6.42 Å². The van der Waals surface area contributed by atoms with Crippen molar-refractivity contribution in [2.45, 2.75) is 33.6 Å². The van der Waals surface area contributed by atoms with Crippen molar-refractivity contribution in [1.29, 1.82) is 0 Å². The Labute approximate surface area is 79.3 Å². The van der Waals surface area contributed by atoms with Crippen molar-refractivity contribution in [3.63, 3.8) is 0 Å². The van der Waals surface area contributed by atoms with Gasteiger partial charge in [-0.1, -0.05) is 20.8 Å².